The fourth-order valence-electron chi connectivity index (χ4n) is 1.24. The summed E-state index contributed by atoms with van der Waals surface area (Å²) in [6.07, 6.45) is 1.34. The Morgan fingerprint density at radius 2 is 1.76 bits per heavy atom. The van der Waals surface area contributed by atoms with Gasteiger partial charge in [0.05, 0.1) is 12.7 Å². The number of ketones is 1. The van der Waals surface area contributed by atoms with E-state index in [0.717, 1.165) is 0 Å². The highest BCUT2D eigenvalue weighted by Gasteiger charge is 2.17. The van der Waals surface area contributed by atoms with E-state index < -0.39 is 29.9 Å². The first-order chi connectivity index (χ1) is 9.71. The predicted octanol–water partition coefficient (Wildman–Crippen LogP) is 1.57. The van der Waals surface area contributed by atoms with E-state index in [-0.39, 0.29) is 11.5 Å². The third-order valence-corrected chi connectivity index (χ3v) is 2.12. The Balaban J connectivity index is 2.64. The largest absolute Gasteiger partial charge is 0.469 e. The highest BCUT2D eigenvalue weighted by Crippen LogP contribution is 2.09. The summed E-state index contributed by atoms with van der Waals surface area (Å²) in [7, 11) is 1.19. The standard InChI is InChI=1S/C13H17N3O5/c1-13(2,3)21-12(19)16-11-14-6-8(7-15-11)9(17)5-10(18)20-4/h6-7H,5H2,1-4H3,(H,14,15,16,19). The number of hydrogen-bond acceptors (Lipinski definition) is 7. The molecule has 114 valence electrons. The summed E-state index contributed by atoms with van der Waals surface area (Å²) >= 11 is 0. The lowest BCUT2D eigenvalue weighted by Crippen LogP contribution is -2.27. The van der Waals surface area contributed by atoms with Crippen molar-refractivity contribution in [3.05, 3.63) is 18.0 Å². The minimum absolute atomic E-state index is 0.00105. The predicted molar refractivity (Wildman–Crippen MR) is 72.9 cm³/mol. The highest BCUT2D eigenvalue weighted by molar-refractivity contribution is 6.05. The number of Topliss-reactive ketones (excluding diaryl/α,β-unsaturated/α-hetero) is 1. The van der Waals surface area contributed by atoms with Gasteiger partial charge in [-0.2, -0.15) is 0 Å². The van der Waals surface area contributed by atoms with Gasteiger partial charge >= 0.3 is 12.1 Å². The second-order valence-corrected chi connectivity index (χ2v) is 5.10. The van der Waals surface area contributed by atoms with Crippen LogP contribution in [0.3, 0.4) is 0 Å². The minimum Gasteiger partial charge on any atom is -0.469 e. The van der Waals surface area contributed by atoms with Crippen molar-refractivity contribution in [1.82, 2.24) is 9.97 Å². The zero-order valence-electron chi connectivity index (χ0n) is 12.3. The van der Waals surface area contributed by atoms with Crippen LogP contribution >= 0.6 is 0 Å². The molecule has 21 heavy (non-hydrogen) atoms. The van der Waals surface area contributed by atoms with Crippen molar-refractivity contribution in [2.45, 2.75) is 32.8 Å². The Labute approximate surface area is 121 Å². The maximum atomic E-state index is 11.6. The quantitative estimate of drug-likeness (QED) is 0.510. The highest BCUT2D eigenvalue weighted by atomic mass is 16.6. The van der Waals surface area contributed by atoms with E-state index >= 15 is 0 Å². The summed E-state index contributed by atoms with van der Waals surface area (Å²) in [6.45, 7) is 5.17. The smallest absolute Gasteiger partial charge is 0.414 e. The van der Waals surface area contributed by atoms with Crippen molar-refractivity contribution in [3.63, 3.8) is 0 Å². The summed E-state index contributed by atoms with van der Waals surface area (Å²) in [4.78, 5) is 41.7. The molecule has 1 heterocycles. The lowest BCUT2D eigenvalue weighted by molar-refractivity contribution is -0.139. The monoisotopic (exact) mass is 295 g/mol. The van der Waals surface area contributed by atoms with Gasteiger partial charge in [-0.3, -0.25) is 14.9 Å². The van der Waals surface area contributed by atoms with Crippen LogP contribution in [0.25, 0.3) is 0 Å². The number of carbonyl (C=O) groups excluding carboxylic acids is 3. The Kier molecular flexibility index (Phi) is 5.34. The van der Waals surface area contributed by atoms with E-state index in [1.54, 1.807) is 20.8 Å². The minimum atomic E-state index is -0.698. The molecule has 0 atom stereocenters. The van der Waals surface area contributed by atoms with Gasteiger partial charge in [-0.15, -0.1) is 0 Å². The van der Waals surface area contributed by atoms with Crippen molar-refractivity contribution in [2.24, 2.45) is 0 Å². The first kappa shape index (κ1) is 16.5. The molecule has 0 aromatic carbocycles. The van der Waals surface area contributed by atoms with Gasteiger partial charge in [0.15, 0.2) is 5.78 Å². The molecule has 0 saturated carbocycles. The first-order valence-electron chi connectivity index (χ1n) is 6.13. The van der Waals surface area contributed by atoms with Crippen molar-refractivity contribution in [2.75, 3.05) is 12.4 Å². The number of esters is 1. The molecule has 1 amide bonds. The van der Waals surface area contributed by atoms with Crippen molar-refractivity contribution < 1.29 is 23.9 Å². The van der Waals surface area contributed by atoms with Gasteiger partial charge in [-0.1, -0.05) is 0 Å². The third kappa shape index (κ3) is 5.98. The normalized spacial score (nSPS) is 10.7. The van der Waals surface area contributed by atoms with Crippen LogP contribution in [-0.2, 0) is 14.3 Å². The van der Waals surface area contributed by atoms with Crippen LogP contribution in [0, 0.1) is 0 Å². The number of rotatable bonds is 4. The molecule has 1 aromatic rings. The molecule has 0 spiro atoms. The Hall–Kier alpha value is -2.51. The molecule has 1 aromatic heterocycles. The van der Waals surface area contributed by atoms with Crippen molar-refractivity contribution >= 4 is 23.8 Å². The number of aromatic nitrogens is 2. The number of anilines is 1. The number of nitrogens with zero attached hydrogens (tertiary/aromatic N) is 2. The van der Waals surface area contributed by atoms with E-state index in [1.165, 1.54) is 19.5 Å². The average Bonchev–Trinajstić information content (AvgIpc) is 2.36. The summed E-state index contributed by atoms with van der Waals surface area (Å²) in [5.41, 5.74) is -0.490. The number of nitrogens with one attached hydrogen (secondary N) is 1. The third-order valence-electron chi connectivity index (χ3n) is 2.12. The lowest BCUT2D eigenvalue weighted by Gasteiger charge is -2.19. The zero-order valence-corrected chi connectivity index (χ0v) is 12.3. The summed E-state index contributed by atoms with van der Waals surface area (Å²) in [6, 6.07) is 0. The van der Waals surface area contributed by atoms with Gasteiger partial charge in [0, 0.05) is 12.4 Å². The first-order valence-corrected chi connectivity index (χ1v) is 6.13. The van der Waals surface area contributed by atoms with Crippen LogP contribution < -0.4 is 5.32 Å². The van der Waals surface area contributed by atoms with Crippen LogP contribution in [0.5, 0.6) is 0 Å². The van der Waals surface area contributed by atoms with Crippen molar-refractivity contribution in [3.8, 4) is 0 Å². The van der Waals surface area contributed by atoms with E-state index in [0.29, 0.717) is 0 Å². The molecule has 8 heteroatoms. The van der Waals surface area contributed by atoms with Gasteiger partial charge in [0.25, 0.3) is 0 Å². The molecule has 1 rings (SSSR count). The van der Waals surface area contributed by atoms with Crippen LogP contribution in [0.4, 0.5) is 10.7 Å². The van der Waals surface area contributed by atoms with E-state index in [1.807, 2.05) is 0 Å². The zero-order chi connectivity index (χ0) is 16.0. The topological polar surface area (TPSA) is 107 Å². The lowest BCUT2D eigenvalue weighted by atomic mass is 10.2. The van der Waals surface area contributed by atoms with Crippen LogP contribution in [0.15, 0.2) is 12.4 Å². The van der Waals surface area contributed by atoms with Crippen LogP contribution in [-0.4, -0.2) is 40.5 Å². The Bertz CT molecular complexity index is 534. The number of methoxy groups -OCH3 is 1. The van der Waals surface area contributed by atoms with Gasteiger partial charge in [0.1, 0.15) is 12.0 Å². The van der Waals surface area contributed by atoms with E-state index in [2.05, 4.69) is 20.0 Å². The molecule has 0 bridgehead atoms. The molecule has 0 aliphatic rings. The molecule has 0 unspecified atom stereocenters. The number of ether oxygens (including phenoxy) is 2. The summed E-state index contributed by atoms with van der Waals surface area (Å²) < 4.78 is 9.42. The number of amides is 1. The molecular weight excluding hydrogens is 278 g/mol. The maximum Gasteiger partial charge on any atom is 0.414 e. The molecule has 0 fully saturated rings. The van der Waals surface area contributed by atoms with Crippen LogP contribution in [0.1, 0.15) is 37.6 Å². The fraction of sp³-hybridized carbons (Fsp3) is 0.462. The Morgan fingerprint density at radius 1 is 1.19 bits per heavy atom. The van der Waals surface area contributed by atoms with Gasteiger partial charge in [-0.25, -0.2) is 14.8 Å². The van der Waals surface area contributed by atoms with E-state index in [9.17, 15) is 14.4 Å². The van der Waals surface area contributed by atoms with Crippen LogP contribution in [0.2, 0.25) is 0 Å². The van der Waals surface area contributed by atoms with Gasteiger partial charge in [-0.05, 0) is 20.8 Å². The molecular formula is C13H17N3O5. The second kappa shape index (κ2) is 6.78. The molecule has 8 nitrogen and oxygen atoms in total. The fourth-order valence-corrected chi connectivity index (χ4v) is 1.24. The molecule has 0 saturated heterocycles. The summed E-state index contributed by atoms with van der Waals surface area (Å²) in [5.74, 6) is -1.11. The second-order valence-electron chi connectivity index (χ2n) is 5.10. The molecule has 0 aliphatic carbocycles. The van der Waals surface area contributed by atoms with Gasteiger partial charge in [0.2, 0.25) is 5.95 Å². The maximum absolute atomic E-state index is 11.6. The molecule has 1 N–H and O–H groups in total. The van der Waals surface area contributed by atoms with E-state index in [4.69, 9.17) is 4.74 Å². The average molecular weight is 295 g/mol. The molecule has 0 radical (unpaired) electrons. The Morgan fingerprint density at radius 3 is 2.24 bits per heavy atom. The summed E-state index contributed by atoms with van der Waals surface area (Å²) in [5, 5.41) is 2.33. The number of carbonyl (C=O) groups is 3. The number of hydrogen-bond donors (Lipinski definition) is 1. The SMILES string of the molecule is COC(=O)CC(=O)c1cnc(NC(=O)OC(C)(C)C)nc1. The molecule has 0 aliphatic heterocycles. The van der Waals surface area contributed by atoms with Crippen molar-refractivity contribution in [1.29, 1.82) is 0 Å². The van der Waals surface area contributed by atoms with Gasteiger partial charge < -0.3 is 9.47 Å².